The Hall–Kier alpha value is -1.62. The van der Waals surface area contributed by atoms with Crippen molar-refractivity contribution in [1.29, 1.82) is 0 Å². The fourth-order valence-corrected chi connectivity index (χ4v) is 1.69. The molecule has 5 heteroatoms. The van der Waals surface area contributed by atoms with E-state index in [1.807, 2.05) is 17.9 Å². The predicted molar refractivity (Wildman–Crippen MR) is 63.5 cm³/mol. The van der Waals surface area contributed by atoms with Gasteiger partial charge in [0.05, 0.1) is 4.92 Å². The molecule has 1 aliphatic heterocycles. The van der Waals surface area contributed by atoms with Crippen LogP contribution in [0.15, 0.2) is 36.2 Å². The van der Waals surface area contributed by atoms with E-state index in [4.69, 9.17) is 0 Å². The molecule has 0 aromatic heterocycles. The fraction of sp³-hybridized carbons (Fsp3) is 0.455. The van der Waals surface area contributed by atoms with Gasteiger partial charge in [-0.2, -0.15) is 0 Å². The van der Waals surface area contributed by atoms with Gasteiger partial charge >= 0.3 is 0 Å². The molecule has 88 valence electrons. The molecule has 1 fully saturated rings. The fourth-order valence-electron chi connectivity index (χ4n) is 1.69. The molecule has 1 heterocycles. The number of nitrogens with one attached hydrogen (secondary N) is 1. The number of hydrogen-bond donors (Lipinski definition) is 1. The maximum absolute atomic E-state index is 10.9. The largest absolute Gasteiger partial charge is 0.363 e. The predicted octanol–water partition coefficient (Wildman–Crippen LogP) is 1.14. The smallest absolute Gasteiger partial charge is 0.291 e. The van der Waals surface area contributed by atoms with Gasteiger partial charge < -0.3 is 10.2 Å². The van der Waals surface area contributed by atoms with Crippen molar-refractivity contribution in [2.75, 3.05) is 26.2 Å². The van der Waals surface area contributed by atoms with Gasteiger partial charge in [0.25, 0.3) is 5.70 Å². The van der Waals surface area contributed by atoms with Gasteiger partial charge in [-0.3, -0.25) is 10.1 Å². The van der Waals surface area contributed by atoms with E-state index in [2.05, 4.69) is 11.9 Å². The van der Waals surface area contributed by atoms with Gasteiger partial charge in [0, 0.05) is 32.3 Å². The first-order valence-electron chi connectivity index (χ1n) is 5.30. The van der Waals surface area contributed by atoms with Crippen molar-refractivity contribution in [2.45, 2.75) is 6.92 Å². The summed E-state index contributed by atoms with van der Waals surface area (Å²) < 4.78 is 0. The minimum absolute atomic E-state index is 0.0694. The second-order valence-corrected chi connectivity index (χ2v) is 3.47. The first-order chi connectivity index (χ1) is 7.70. The summed E-state index contributed by atoms with van der Waals surface area (Å²) >= 11 is 0. The summed E-state index contributed by atoms with van der Waals surface area (Å²) in [6.07, 6.45) is 4.88. The van der Waals surface area contributed by atoms with Crippen molar-refractivity contribution < 1.29 is 4.92 Å². The van der Waals surface area contributed by atoms with E-state index in [9.17, 15) is 10.1 Å². The number of rotatable bonds is 4. The number of nitrogens with zero attached hydrogens (tertiary/aromatic N) is 2. The van der Waals surface area contributed by atoms with E-state index in [1.54, 1.807) is 6.08 Å². The van der Waals surface area contributed by atoms with E-state index in [-0.39, 0.29) is 10.6 Å². The molecule has 0 aromatic rings. The van der Waals surface area contributed by atoms with Gasteiger partial charge in [-0.25, -0.2) is 0 Å². The number of nitro groups is 1. The van der Waals surface area contributed by atoms with Crippen LogP contribution in [0.4, 0.5) is 0 Å². The molecule has 0 radical (unpaired) electrons. The van der Waals surface area contributed by atoms with Crippen LogP contribution in [0.3, 0.4) is 0 Å². The zero-order chi connectivity index (χ0) is 12.0. The van der Waals surface area contributed by atoms with Gasteiger partial charge in [-0.1, -0.05) is 12.7 Å². The minimum atomic E-state index is -0.385. The molecule has 1 N–H and O–H groups in total. The monoisotopic (exact) mass is 223 g/mol. The van der Waals surface area contributed by atoms with Crippen molar-refractivity contribution >= 4 is 0 Å². The summed E-state index contributed by atoms with van der Waals surface area (Å²) in [5, 5.41) is 14.1. The van der Waals surface area contributed by atoms with E-state index in [1.165, 1.54) is 6.08 Å². The van der Waals surface area contributed by atoms with Gasteiger partial charge in [-0.15, -0.1) is 0 Å². The van der Waals surface area contributed by atoms with E-state index >= 15 is 0 Å². The van der Waals surface area contributed by atoms with Crippen molar-refractivity contribution in [1.82, 2.24) is 10.2 Å². The van der Waals surface area contributed by atoms with Crippen molar-refractivity contribution in [2.24, 2.45) is 0 Å². The van der Waals surface area contributed by atoms with Crippen LogP contribution >= 0.6 is 0 Å². The Labute approximate surface area is 95.3 Å². The van der Waals surface area contributed by atoms with Gasteiger partial charge in [-0.05, 0) is 13.0 Å². The van der Waals surface area contributed by atoms with Crippen LogP contribution in [0.1, 0.15) is 6.92 Å². The van der Waals surface area contributed by atoms with Crippen LogP contribution in [0.2, 0.25) is 0 Å². The molecule has 0 amide bonds. The van der Waals surface area contributed by atoms with Gasteiger partial charge in [0.2, 0.25) is 0 Å². The molecule has 0 aromatic carbocycles. The van der Waals surface area contributed by atoms with Crippen LogP contribution in [0.25, 0.3) is 0 Å². The highest BCUT2D eigenvalue weighted by atomic mass is 16.6. The van der Waals surface area contributed by atoms with Crippen LogP contribution in [-0.4, -0.2) is 36.0 Å². The Morgan fingerprint density at radius 2 is 2.12 bits per heavy atom. The number of hydrogen-bond acceptors (Lipinski definition) is 4. The quantitative estimate of drug-likeness (QED) is 0.441. The molecule has 1 rings (SSSR count). The second-order valence-electron chi connectivity index (χ2n) is 3.47. The first-order valence-corrected chi connectivity index (χ1v) is 5.30. The third-order valence-electron chi connectivity index (χ3n) is 2.43. The van der Waals surface area contributed by atoms with Gasteiger partial charge in [0.15, 0.2) is 0 Å². The Morgan fingerprint density at radius 3 is 2.56 bits per heavy atom. The van der Waals surface area contributed by atoms with Gasteiger partial charge in [0.1, 0.15) is 5.70 Å². The van der Waals surface area contributed by atoms with E-state index < -0.39 is 0 Å². The zero-order valence-electron chi connectivity index (χ0n) is 9.48. The number of allylic oxidation sites excluding steroid dienone is 3. The zero-order valence-corrected chi connectivity index (χ0v) is 9.48. The molecule has 5 nitrogen and oxygen atoms in total. The average Bonchev–Trinajstić information content (AvgIpc) is 2.29. The summed E-state index contributed by atoms with van der Waals surface area (Å²) in [7, 11) is 0. The second kappa shape index (κ2) is 6.07. The maximum Gasteiger partial charge on any atom is 0.291 e. The molecular formula is C11H17N3O2. The van der Waals surface area contributed by atoms with E-state index in [0.29, 0.717) is 5.70 Å². The van der Waals surface area contributed by atoms with Crippen LogP contribution in [0, 0.1) is 10.1 Å². The summed E-state index contributed by atoms with van der Waals surface area (Å²) in [6.45, 7) is 8.62. The lowest BCUT2D eigenvalue weighted by atomic mass is 10.2. The Bertz CT molecular complexity index is 328. The van der Waals surface area contributed by atoms with E-state index in [0.717, 1.165) is 26.2 Å². The minimum Gasteiger partial charge on any atom is -0.363 e. The van der Waals surface area contributed by atoms with Crippen LogP contribution in [-0.2, 0) is 0 Å². The Morgan fingerprint density at radius 1 is 1.50 bits per heavy atom. The topological polar surface area (TPSA) is 58.4 Å². The third-order valence-corrected chi connectivity index (χ3v) is 2.43. The summed E-state index contributed by atoms with van der Waals surface area (Å²) in [5.74, 6) is 0. The molecule has 0 atom stereocenters. The maximum atomic E-state index is 10.9. The van der Waals surface area contributed by atoms with Crippen LogP contribution < -0.4 is 5.32 Å². The molecule has 0 unspecified atom stereocenters. The third kappa shape index (κ3) is 2.93. The molecule has 1 aliphatic rings. The van der Waals surface area contributed by atoms with Crippen molar-refractivity contribution in [3.8, 4) is 0 Å². The molecule has 0 saturated carbocycles. The highest BCUT2D eigenvalue weighted by Crippen LogP contribution is 2.14. The number of piperazine rings is 1. The molecular weight excluding hydrogens is 206 g/mol. The lowest BCUT2D eigenvalue weighted by Gasteiger charge is -2.29. The molecule has 16 heavy (non-hydrogen) atoms. The van der Waals surface area contributed by atoms with Crippen molar-refractivity contribution in [3.05, 3.63) is 46.3 Å². The summed E-state index contributed by atoms with van der Waals surface area (Å²) in [5.41, 5.74) is 0.712. The Balaban J connectivity index is 3.03. The lowest BCUT2D eigenvalue weighted by Crippen LogP contribution is -2.43. The molecule has 1 saturated heterocycles. The van der Waals surface area contributed by atoms with Crippen LogP contribution in [0.5, 0.6) is 0 Å². The highest BCUT2D eigenvalue weighted by molar-refractivity contribution is 5.27. The highest BCUT2D eigenvalue weighted by Gasteiger charge is 2.20. The Kier molecular flexibility index (Phi) is 4.72. The first kappa shape index (κ1) is 12.4. The average molecular weight is 223 g/mol. The SMILES string of the molecule is C=C/C(=C(\C=C/C)N1CCNCC1)[N+](=O)[O-]. The molecule has 0 aliphatic carbocycles. The standard InChI is InChI=1S/C11H17N3O2/c1-3-5-11(10(4-2)14(15)16)13-8-6-12-7-9-13/h3-5,12H,2,6-9H2,1H3/b5-3-,11-10-. The lowest BCUT2D eigenvalue weighted by molar-refractivity contribution is -0.420. The molecule has 0 bridgehead atoms. The molecule has 0 spiro atoms. The van der Waals surface area contributed by atoms with Crippen molar-refractivity contribution in [3.63, 3.8) is 0 Å². The summed E-state index contributed by atoms with van der Waals surface area (Å²) in [4.78, 5) is 12.5. The normalized spacial score (nSPS) is 18.4. The summed E-state index contributed by atoms with van der Waals surface area (Å²) in [6, 6.07) is 0.